The number of amides is 2. The van der Waals surface area contributed by atoms with Gasteiger partial charge in [0, 0.05) is 6.54 Å². The first-order valence-electron chi connectivity index (χ1n) is 7.23. The minimum atomic E-state index is -0.270. The quantitative estimate of drug-likeness (QED) is 0.843. The maximum Gasteiger partial charge on any atom is 0.322 e. The number of rotatable bonds is 2. The second-order valence-electron chi connectivity index (χ2n) is 5.31. The maximum absolute atomic E-state index is 13.1. The van der Waals surface area contributed by atoms with Crippen LogP contribution in [0.25, 0.3) is 0 Å². The number of nitrogens with zero attached hydrogens (tertiary/aromatic N) is 1. The molecule has 2 aromatic carbocycles. The molecule has 3 rings (SSSR count). The van der Waals surface area contributed by atoms with Crippen LogP contribution in [0, 0.1) is 5.82 Å². The molecular formula is C17H16ClFN2O. The van der Waals surface area contributed by atoms with Crippen LogP contribution in [0.3, 0.4) is 0 Å². The second-order valence-corrected chi connectivity index (χ2v) is 5.72. The van der Waals surface area contributed by atoms with Crippen molar-refractivity contribution in [3.63, 3.8) is 0 Å². The lowest BCUT2D eigenvalue weighted by atomic mass is 10.0. The Morgan fingerprint density at radius 3 is 2.64 bits per heavy atom. The van der Waals surface area contributed by atoms with E-state index in [9.17, 15) is 9.18 Å². The van der Waals surface area contributed by atoms with Crippen LogP contribution in [0.1, 0.15) is 24.4 Å². The van der Waals surface area contributed by atoms with E-state index < -0.39 is 0 Å². The minimum absolute atomic E-state index is 0.0249. The van der Waals surface area contributed by atoms with E-state index >= 15 is 0 Å². The zero-order chi connectivity index (χ0) is 15.5. The van der Waals surface area contributed by atoms with Crippen LogP contribution in [0.15, 0.2) is 48.5 Å². The molecule has 22 heavy (non-hydrogen) atoms. The molecule has 0 saturated carbocycles. The van der Waals surface area contributed by atoms with Gasteiger partial charge in [0.25, 0.3) is 0 Å². The average Bonchev–Trinajstić information content (AvgIpc) is 3.00. The molecule has 0 spiro atoms. The predicted octanol–water partition coefficient (Wildman–Crippen LogP) is 4.85. The number of hydrogen-bond acceptors (Lipinski definition) is 1. The number of likely N-dealkylation sites (tertiary alicyclic amines) is 1. The zero-order valence-electron chi connectivity index (χ0n) is 11.9. The van der Waals surface area contributed by atoms with Crippen molar-refractivity contribution in [2.24, 2.45) is 0 Å². The fourth-order valence-corrected chi connectivity index (χ4v) is 2.97. The molecule has 2 amide bonds. The molecule has 114 valence electrons. The van der Waals surface area contributed by atoms with Crippen LogP contribution in [0.4, 0.5) is 14.9 Å². The van der Waals surface area contributed by atoms with Crippen LogP contribution in [0.5, 0.6) is 0 Å². The Morgan fingerprint density at radius 2 is 1.91 bits per heavy atom. The van der Waals surface area contributed by atoms with Gasteiger partial charge in [0.1, 0.15) is 5.82 Å². The summed E-state index contributed by atoms with van der Waals surface area (Å²) in [4.78, 5) is 14.3. The van der Waals surface area contributed by atoms with Crippen molar-refractivity contribution in [3.8, 4) is 0 Å². The van der Waals surface area contributed by atoms with E-state index in [1.807, 2.05) is 12.1 Å². The fourth-order valence-electron chi connectivity index (χ4n) is 2.79. The number of anilines is 1. The van der Waals surface area contributed by atoms with Gasteiger partial charge in [0.05, 0.1) is 16.8 Å². The molecule has 0 aromatic heterocycles. The smallest absolute Gasteiger partial charge is 0.317 e. The number of urea groups is 1. The molecule has 3 nitrogen and oxygen atoms in total. The molecule has 1 aliphatic rings. The first kappa shape index (κ1) is 14.9. The van der Waals surface area contributed by atoms with E-state index in [2.05, 4.69) is 5.32 Å². The molecule has 1 heterocycles. The third-order valence-electron chi connectivity index (χ3n) is 3.88. The average molecular weight is 319 g/mol. The molecule has 1 aliphatic heterocycles. The van der Waals surface area contributed by atoms with Crippen molar-refractivity contribution < 1.29 is 9.18 Å². The normalized spacial score (nSPS) is 17.5. The largest absolute Gasteiger partial charge is 0.322 e. The molecule has 1 atom stereocenters. The van der Waals surface area contributed by atoms with Crippen molar-refractivity contribution in [1.82, 2.24) is 4.90 Å². The van der Waals surface area contributed by atoms with E-state index in [-0.39, 0.29) is 17.9 Å². The van der Waals surface area contributed by atoms with Gasteiger partial charge in [-0.2, -0.15) is 0 Å². The highest BCUT2D eigenvalue weighted by molar-refractivity contribution is 6.33. The summed E-state index contributed by atoms with van der Waals surface area (Å²) < 4.78 is 13.1. The summed E-state index contributed by atoms with van der Waals surface area (Å²) in [5.41, 5.74) is 1.55. The van der Waals surface area contributed by atoms with Crippen molar-refractivity contribution in [3.05, 3.63) is 64.9 Å². The Hall–Kier alpha value is -2.07. The van der Waals surface area contributed by atoms with Gasteiger partial charge >= 0.3 is 6.03 Å². The Labute approximate surface area is 133 Å². The molecule has 1 N–H and O–H groups in total. The van der Waals surface area contributed by atoms with E-state index in [0.29, 0.717) is 17.3 Å². The Bertz CT molecular complexity index is 675. The number of halogens is 2. The maximum atomic E-state index is 13.1. The monoisotopic (exact) mass is 318 g/mol. The third-order valence-corrected chi connectivity index (χ3v) is 4.21. The van der Waals surface area contributed by atoms with Crippen molar-refractivity contribution >= 4 is 23.3 Å². The summed E-state index contributed by atoms with van der Waals surface area (Å²) in [7, 11) is 0. The van der Waals surface area contributed by atoms with Gasteiger partial charge in [-0.1, -0.05) is 35.9 Å². The highest BCUT2D eigenvalue weighted by Gasteiger charge is 2.30. The molecule has 1 saturated heterocycles. The lowest BCUT2D eigenvalue weighted by Gasteiger charge is -2.25. The van der Waals surface area contributed by atoms with Gasteiger partial charge in [0.15, 0.2) is 0 Å². The van der Waals surface area contributed by atoms with E-state index in [1.54, 1.807) is 29.2 Å². The van der Waals surface area contributed by atoms with Gasteiger partial charge in [-0.3, -0.25) is 0 Å². The lowest BCUT2D eigenvalue weighted by Crippen LogP contribution is -2.34. The van der Waals surface area contributed by atoms with Crippen LogP contribution in [0.2, 0.25) is 5.02 Å². The predicted molar refractivity (Wildman–Crippen MR) is 85.6 cm³/mol. The summed E-state index contributed by atoms with van der Waals surface area (Å²) in [6, 6.07) is 13.3. The van der Waals surface area contributed by atoms with Crippen LogP contribution < -0.4 is 5.32 Å². The lowest BCUT2D eigenvalue weighted by molar-refractivity contribution is 0.207. The summed E-state index contributed by atoms with van der Waals surface area (Å²) in [5, 5.41) is 3.35. The van der Waals surface area contributed by atoms with Gasteiger partial charge in [-0.05, 0) is 42.7 Å². The number of para-hydroxylation sites is 1. The van der Waals surface area contributed by atoms with Crippen LogP contribution in [-0.2, 0) is 0 Å². The van der Waals surface area contributed by atoms with Gasteiger partial charge in [-0.15, -0.1) is 0 Å². The molecule has 0 radical (unpaired) electrons. The van der Waals surface area contributed by atoms with Crippen molar-refractivity contribution in [2.45, 2.75) is 18.9 Å². The van der Waals surface area contributed by atoms with Gasteiger partial charge in [-0.25, -0.2) is 9.18 Å². The Balaban J connectivity index is 1.76. The summed E-state index contributed by atoms with van der Waals surface area (Å²) in [5.74, 6) is -0.270. The SMILES string of the molecule is O=C(Nc1ccccc1Cl)N1CCC[C@@H]1c1ccc(F)cc1. The number of carbonyl (C=O) groups excluding carboxylic acids is 1. The first-order chi connectivity index (χ1) is 10.6. The molecular weight excluding hydrogens is 303 g/mol. The van der Waals surface area contributed by atoms with E-state index in [0.717, 1.165) is 18.4 Å². The first-order valence-corrected chi connectivity index (χ1v) is 7.60. The third kappa shape index (κ3) is 3.07. The number of hydrogen-bond donors (Lipinski definition) is 1. The number of carbonyl (C=O) groups is 1. The van der Waals surface area contributed by atoms with Gasteiger partial charge in [0.2, 0.25) is 0 Å². The van der Waals surface area contributed by atoms with E-state index in [1.165, 1.54) is 12.1 Å². The van der Waals surface area contributed by atoms with Gasteiger partial charge < -0.3 is 10.2 Å². The topological polar surface area (TPSA) is 32.3 Å². The van der Waals surface area contributed by atoms with Crippen LogP contribution in [-0.4, -0.2) is 17.5 Å². The van der Waals surface area contributed by atoms with Crippen molar-refractivity contribution in [1.29, 1.82) is 0 Å². The zero-order valence-corrected chi connectivity index (χ0v) is 12.7. The highest BCUT2D eigenvalue weighted by atomic mass is 35.5. The number of benzene rings is 2. The Morgan fingerprint density at radius 1 is 1.18 bits per heavy atom. The van der Waals surface area contributed by atoms with Crippen molar-refractivity contribution in [2.75, 3.05) is 11.9 Å². The summed E-state index contributed by atoms with van der Waals surface area (Å²) >= 11 is 6.07. The molecule has 0 unspecified atom stereocenters. The fraction of sp³-hybridized carbons (Fsp3) is 0.235. The standard InChI is InChI=1S/C17H16ClFN2O/c18-14-4-1-2-5-15(14)20-17(22)21-11-3-6-16(21)12-7-9-13(19)10-8-12/h1-2,4-5,7-10,16H,3,6,11H2,(H,20,22)/t16-/m1/s1. The second kappa shape index (κ2) is 6.36. The highest BCUT2D eigenvalue weighted by Crippen LogP contribution is 2.33. The molecule has 1 fully saturated rings. The molecule has 0 aliphatic carbocycles. The molecule has 5 heteroatoms. The summed E-state index contributed by atoms with van der Waals surface area (Å²) in [6.07, 6.45) is 1.81. The summed E-state index contributed by atoms with van der Waals surface area (Å²) in [6.45, 7) is 0.679. The molecule has 0 bridgehead atoms. The van der Waals surface area contributed by atoms with Crippen LogP contribution >= 0.6 is 11.6 Å². The Kier molecular flexibility index (Phi) is 4.29. The van der Waals surface area contributed by atoms with E-state index in [4.69, 9.17) is 11.6 Å². The number of nitrogens with one attached hydrogen (secondary N) is 1. The minimum Gasteiger partial charge on any atom is -0.317 e. The molecule has 2 aromatic rings.